The fourth-order valence-electron chi connectivity index (χ4n) is 2.08. The van der Waals surface area contributed by atoms with E-state index in [1.165, 1.54) is 0 Å². The summed E-state index contributed by atoms with van der Waals surface area (Å²) < 4.78 is 10.4. The molecule has 1 aromatic carbocycles. The summed E-state index contributed by atoms with van der Waals surface area (Å²) in [5, 5.41) is 9.45. The first-order valence-corrected chi connectivity index (χ1v) is 5.86. The molecule has 5 heteroatoms. The summed E-state index contributed by atoms with van der Waals surface area (Å²) >= 11 is 0. The lowest BCUT2D eigenvalue weighted by molar-refractivity contribution is -0.122. The van der Waals surface area contributed by atoms with Crippen molar-refractivity contribution < 1.29 is 19.4 Å². The fourth-order valence-corrected chi connectivity index (χ4v) is 2.08. The summed E-state index contributed by atoms with van der Waals surface area (Å²) in [5.41, 5.74) is 0.718. The molecule has 1 aliphatic rings. The van der Waals surface area contributed by atoms with Crippen LogP contribution in [0.25, 0.3) is 0 Å². The highest BCUT2D eigenvalue weighted by Gasteiger charge is 2.27. The number of piperidine rings is 1. The van der Waals surface area contributed by atoms with Gasteiger partial charge in [-0.1, -0.05) is 0 Å². The van der Waals surface area contributed by atoms with Crippen LogP contribution in [-0.2, 0) is 4.79 Å². The Bertz CT molecular complexity index is 447. The van der Waals surface area contributed by atoms with Gasteiger partial charge in [-0.3, -0.25) is 4.79 Å². The molecule has 1 aromatic rings. The van der Waals surface area contributed by atoms with Crippen molar-refractivity contribution in [1.29, 1.82) is 0 Å². The third kappa shape index (κ3) is 2.41. The molecule has 1 N–H and O–H groups in total. The van der Waals surface area contributed by atoms with Crippen molar-refractivity contribution in [2.24, 2.45) is 0 Å². The number of benzene rings is 1. The molecule has 1 atom stereocenters. The van der Waals surface area contributed by atoms with Crippen molar-refractivity contribution in [2.75, 3.05) is 25.7 Å². The molecule has 1 fully saturated rings. The molecule has 0 saturated carbocycles. The second-order valence-electron chi connectivity index (χ2n) is 4.23. The van der Waals surface area contributed by atoms with E-state index in [0.29, 0.717) is 24.5 Å². The number of anilines is 1. The minimum Gasteiger partial charge on any atom is -0.497 e. The highest BCUT2D eigenvalue weighted by Crippen LogP contribution is 2.34. The number of hydrogen-bond donors (Lipinski definition) is 1. The van der Waals surface area contributed by atoms with Gasteiger partial charge in [0.05, 0.1) is 32.4 Å². The fraction of sp³-hybridized carbons (Fsp3) is 0.462. The zero-order valence-electron chi connectivity index (χ0n) is 10.5. The largest absolute Gasteiger partial charge is 0.497 e. The van der Waals surface area contributed by atoms with E-state index < -0.39 is 6.10 Å². The van der Waals surface area contributed by atoms with Crippen molar-refractivity contribution in [3.05, 3.63) is 18.2 Å². The maximum atomic E-state index is 11.9. The first-order valence-electron chi connectivity index (χ1n) is 5.86. The molecule has 0 spiro atoms. The van der Waals surface area contributed by atoms with Crippen molar-refractivity contribution >= 4 is 11.6 Å². The number of hydrogen-bond acceptors (Lipinski definition) is 4. The molecule has 0 aromatic heterocycles. The van der Waals surface area contributed by atoms with Crippen LogP contribution in [0.5, 0.6) is 11.5 Å². The molecule has 1 saturated heterocycles. The van der Waals surface area contributed by atoms with Crippen LogP contribution < -0.4 is 14.4 Å². The molecule has 18 heavy (non-hydrogen) atoms. The molecule has 1 unspecified atom stereocenters. The summed E-state index contributed by atoms with van der Waals surface area (Å²) in [4.78, 5) is 13.6. The minimum atomic E-state index is -0.530. The van der Waals surface area contributed by atoms with Crippen LogP contribution in [-0.4, -0.2) is 37.9 Å². The van der Waals surface area contributed by atoms with Crippen LogP contribution in [0, 0.1) is 0 Å². The van der Waals surface area contributed by atoms with Crippen LogP contribution in [0.1, 0.15) is 12.8 Å². The topological polar surface area (TPSA) is 59.0 Å². The van der Waals surface area contributed by atoms with Gasteiger partial charge in [0.25, 0.3) is 0 Å². The second-order valence-corrected chi connectivity index (χ2v) is 4.23. The van der Waals surface area contributed by atoms with Gasteiger partial charge in [-0.05, 0) is 18.6 Å². The lowest BCUT2D eigenvalue weighted by Gasteiger charge is -2.30. The van der Waals surface area contributed by atoms with Gasteiger partial charge in [-0.2, -0.15) is 0 Å². The van der Waals surface area contributed by atoms with Gasteiger partial charge < -0.3 is 19.5 Å². The Labute approximate surface area is 106 Å². The molecule has 5 nitrogen and oxygen atoms in total. The van der Waals surface area contributed by atoms with Crippen LogP contribution in [0.2, 0.25) is 0 Å². The normalized spacial score (nSPS) is 19.8. The molecular weight excluding hydrogens is 234 g/mol. The Balaban J connectivity index is 2.29. The number of carbonyl (C=O) groups excluding carboxylic acids is 1. The number of aliphatic hydroxyl groups is 1. The zero-order valence-corrected chi connectivity index (χ0v) is 10.5. The van der Waals surface area contributed by atoms with Crippen LogP contribution in [0.3, 0.4) is 0 Å². The Kier molecular flexibility index (Phi) is 3.72. The number of rotatable bonds is 3. The summed E-state index contributed by atoms with van der Waals surface area (Å²) in [6.07, 6.45) is 0.217. The summed E-state index contributed by atoms with van der Waals surface area (Å²) in [6.45, 7) is 0.503. The zero-order chi connectivity index (χ0) is 13.1. The van der Waals surface area contributed by atoms with Crippen LogP contribution in [0.15, 0.2) is 18.2 Å². The van der Waals surface area contributed by atoms with E-state index in [1.54, 1.807) is 37.3 Å². The third-order valence-electron chi connectivity index (χ3n) is 3.07. The molecule has 0 aliphatic carbocycles. The van der Waals surface area contributed by atoms with E-state index in [-0.39, 0.29) is 12.3 Å². The van der Waals surface area contributed by atoms with E-state index in [9.17, 15) is 9.90 Å². The van der Waals surface area contributed by atoms with Crippen molar-refractivity contribution in [2.45, 2.75) is 18.9 Å². The number of aliphatic hydroxyl groups excluding tert-OH is 1. The van der Waals surface area contributed by atoms with E-state index >= 15 is 0 Å². The third-order valence-corrected chi connectivity index (χ3v) is 3.07. The van der Waals surface area contributed by atoms with Crippen molar-refractivity contribution in [3.8, 4) is 11.5 Å². The van der Waals surface area contributed by atoms with E-state index in [1.807, 2.05) is 0 Å². The second kappa shape index (κ2) is 5.27. The summed E-state index contributed by atoms with van der Waals surface area (Å²) in [5.74, 6) is 1.19. The number of amides is 1. The molecule has 0 radical (unpaired) electrons. The lowest BCUT2D eigenvalue weighted by Crippen LogP contribution is -2.40. The van der Waals surface area contributed by atoms with Crippen LogP contribution >= 0.6 is 0 Å². The quantitative estimate of drug-likeness (QED) is 0.876. The Morgan fingerprint density at radius 1 is 1.33 bits per heavy atom. The van der Waals surface area contributed by atoms with Gasteiger partial charge in [-0.15, -0.1) is 0 Å². The van der Waals surface area contributed by atoms with E-state index in [2.05, 4.69) is 0 Å². The van der Waals surface area contributed by atoms with Gasteiger partial charge in [0.2, 0.25) is 5.91 Å². The highest BCUT2D eigenvalue weighted by atomic mass is 16.5. The molecule has 1 amide bonds. The van der Waals surface area contributed by atoms with Gasteiger partial charge in [0, 0.05) is 12.6 Å². The van der Waals surface area contributed by atoms with Crippen molar-refractivity contribution in [3.63, 3.8) is 0 Å². The number of methoxy groups -OCH3 is 2. The Morgan fingerprint density at radius 3 is 2.72 bits per heavy atom. The summed E-state index contributed by atoms with van der Waals surface area (Å²) in [7, 11) is 3.14. The first kappa shape index (κ1) is 12.7. The molecule has 1 heterocycles. The summed E-state index contributed by atoms with van der Waals surface area (Å²) in [6, 6.07) is 5.33. The maximum absolute atomic E-state index is 11.9. The predicted molar refractivity (Wildman–Crippen MR) is 67.1 cm³/mol. The number of nitrogens with zero attached hydrogens (tertiary/aromatic N) is 1. The molecule has 0 bridgehead atoms. The monoisotopic (exact) mass is 251 g/mol. The van der Waals surface area contributed by atoms with Crippen molar-refractivity contribution in [1.82, 2.24) is 0 Å². The van der Waals surface area contributed by atoms with Gasteiger partial charge in [0.1, 0.15) is 11.5 Å². The maximum Gasteiger partial charge on any atom is 0.229 e. The smallest absolute Gasteiger partial charge is 0.229 e. The van der Waals surface area contributed by atoms with E-state index in [4.69, 9.17) is 9.47 Å². The lowest BCUT2D eigenvalue weighted by atomic mass is 10.1. The standard InChI is InChI=1S/C13H17NO4/c1-17-10-3-4-11(12(8-10)18-2)14-6-5-9(15)7-13(14)16/h3-4,8-9,15H,5-7H2,1-2H3. The van der Waals surface area contributed by atoms with Crippen LogP contribution in [0.4, 0.5) is 5.69 Å². The Morgan fingerprint density at radius 2 is 2.11 bits per heavy atom. The number of carbonyl (C=O) groups is 1. The number of ether oxygens (including phenoxy) is 2. The molecule has 1 aliphatic heterocycles. The minimum absolute atomic E-state index is 0.0859. The highest BCUT2D eigenvalue weighted by molar-refractivity contribution is 5.96. The van der Waals surface area contributed by atoms with Gasteiger partial charge in [0.15, 0.2) is 0 Å². The Hall–Kier alpha value is -1.75. The molecular formula is C13H17NO4. The average molecular weight is 251 g/mol. The predicted octanol–water partition coefficient (Wildman–Crippen LogP) is 1.19. The molecule has 2 rings (SSSR count). The van der Waals surface area contributed by atoms with E-state index in [0.717, 1.165) is 5.69 Å². The van der Waals surface area contributed by atoms with Gasteiger partial charge in [-0.25, -0.2) is 0 Å². The average Bonchev–Trinajstić information content (AvgIpc) is 2.38. The first-order chi connectivity index (χ1) is 8.65. The van der Waals surface area contributed by atoms with Gasteiger partial charge >= 0.3 is 0 Å². The SMILES string of the molecule is COc1ccc(N2CCC(O)CC2=O)c(OC)c1. The molecule has 98 valence electrons.